The van der Waals surface area contributed by atoms with Crippen LogP contribution in [0.5, 0.6) is 0 Å². The Morgan fingerprint density at radius 1 is 0.284 bits per heavy atom. The van der Waals surface area contributed by atoms with Crippen molar-refractivity contribution in [2.45, 2.75) is 316 Å². The highest BCUT2D eigenvalue weighted by Crippen LogP contribution is 2.45. The molecule has 102 heavy (non-hydrogen) atoms. The molecule has 0 aliphatic carbocycles. The van der Waals surface area contributed by atoms with Gasteiger partial charge in [0, 0.05) is 25.7 Å². The number of allylic oxidation sites excluding steroid dienone is 24. The lowest BCUT2D eigenvalue weighted by Gasteiger charge is -2.21. The van der Waals surface area contributed by atoms with E-state index in [4.69, 9.17) is 37.0 Å². The van der Waals surface area contributed by atoms with E-state index >= 15 is 0 Å². The monoisotopic (exact) mass is 1470 g/mol. The second-order valence-electron chi connectivity index (χ2n) is 25.5. The summed E-state index contributed by atoms with van der Waals surface area (Å²) in [5.74, 6) is -2.29. The van der Waals surface area contributed by atoms with Crippen molar-refractivity contribution in [3.8, 4) is 0 Å². The SMILES string of the molecule is CC/C=C\C/C=C\C/C=C\C/C=C\C/C=C\CCCC(=O)OCC(COP(=O)(O)OCC(O)COP(=O)(O)OCC(COC(=O)CCCCCC/C=C\C/C=C\C/C=C\C/C=C\CC)OC(=O)CCCCCCCCCCCCCCC)OC(=O)CCCCCCC/C=C\C/C=C\C/C=C\CC. The average Bonchev–Trinajstić information content (AvgIpc) is 0.939. The molecule has 5 atom stereocenters. The molecule has 0 heterocycles. The largest absolute Gasteiger partial charge is 0.472 e. The maximum Gasteiger partial charge on any atom is 0.472 e. The molecule has 0 aliphatic heterocycles. The number of carbonyl (C=O) groups is 4. The molecule has 0 aromatic rings. The number of hydrogen-bond donors (Lipinski definition) is 3. The van der Waals surface area contributed by atoms with Gasteiger partial charge in [-0.3, -0.25) is 37.3 Å². The van der Waals surface area contributed by atoms with Crippen LogP contribution in [0.25, 0.3) is 0 Å². The summed E-state index contributed by atoms with van der Waals surface area (Å²) in [5, 5.41) is 10.6. The zero-order chi connectivity index (χ0) is 74.6. The fourth-order valence-electron chi connectivity index (χ4n) is 9.97. The fraction of sp³-hybridized carbons (Fsp3) is 0.663. The van der Waals surface area contributed by atoms with Gasteiger partial charge in [0.05, 0.1) is 26.4 Å². The predicted molar refractivity (Wildman–Crippen MR) is 417 cm³/mol. The van der Waals surface area contributed by atoms with Gasteiger partial charge in [-0.05, 0) is 135 Å². The predicted octanol–water partition coefficient (Wildman–Crippen LogP) is 22.7. The summed E-state index contributed by atoms with van der Waals surface area (Å²) in [6.45, 7) is 4.42. The number of rotatable bonds is 72. The normalized spacial score (nSPS) is 14.7. The Morgan fingerprint density at radius 2 is 0.520 bits per heavy atom. The number of phosphoric acid groups is 2. The third kappa shape index (κ3) is 73.3. The second-order valence-corrected chi connectivity index (χ2v) is 28.4. The van der Waals surface area contributed by atoms with Gasteiger partial charge in [0.15, 0.2) is 12.2 Å². The molecule has 0 amide bonds. The molecule has 5 unspecified atom stereocenters. The highest BCUT2D eigenvalue weighted by molar-refractivity contribution is 7.47. The number of aliphatic hydroxyl groups excluding tert-OH is 1. The van der Waals surface area contributed by atoms with Crippen molar-refractivity contribution in [2.24, 2.45) is 0 Å². The molecule has 0 spiro atoms. The molecule has 3 N–H and O–H groups in total. The third-order valence-electron chi connectivity index (χ3n) is 15.8. The first kappa shape index (κ1) is 96.9. The van der Waals surface area contributed by atoms with Crippen molar-refractivity contribution < 1.29 is 80.2 Å². The molecule has 0 saturated heterocycles. The molecule has 582 valence electrons. The lowest BCUT2D eigenvalue weighted by atomic mass is 10.0. The molecule has 19 heteroatoms. The summed E-state index contributed by atoms with van der Waals surface area (Å²) in [7, 11) is -9.99. The van der Waals surface area contributed by atoms with Gasteiger partial charge in [0.25, 0.3) is 0 Å². The van der Waals surface area contributed by atoms with Gasteiger partial charge in [-0.2, -0.15) is 0 Å². The van der Waals surface area contributed by atoms with Crippen LogP contribution in [0.1, 0.15) is 297 Å². The van der Waals surface area contributed by atoms with Crippen LogP contribution in [0.15, 0.2) is 146 Å². The second kappa shape index (κ2) is 74.2. The average molecular weight is 1470 g/mol. The fourth-order valence-corrected chi connectivity index (χ4v) is 11.5. The molecule has 0 rings (SSSR count). The van der Waals surface area contributed by atoms with E-state index in [1.54, 1.807) is 0 Å². The van der Waals surface area contributed by atoms with Gasteiger partial charge >= 0.3 is 39.5 Å². The van der Waals surface area contributed by atoms with E-state index in [2.05, 4.69) is 161 Å². The summed E-state index contributed by atoms with van der Waals surface area (Å²) in [5.41, 5.74) is 0. The van der Waals surface area contributed by atoms with Gasteiger partial charge in [0.2, 0.25) is 0 Å². The van der Waals surface area contributed by atoms with Crippen LogP contribution in [0.2, 0.25) is 0 Å². The first-order chi connectivity index (χ1) is 49.7. The number of unbranched alkanes of at least 4 members (excludes halogenated alkanes) is 22. The van der Waals surface area contributed by atoms with Gasteiger partial charge in [-0.25, -0.2) is 9.13 Å². The molecular weight excluding hydrogens is 1330 g/mol. The van der Waals surface area contributed by atoms with Crippen LogP contribution in [0, 0.1) is 0 Å². The van der Waals surface area contributed by atoms with Crippen molar-refractivity contribution in [2.75, 3.05) is 39.6 Å². The highest BCUT2D eigenvalue weighted by atomic mass is 31.2. The van der Waals surface area contributed by atoms with Crippen molar-refractivity contribution in [1.82, 2.24) is 0 Å². The Bertz CT molecular complexity index is 2510. The number of phosphoric ester groups is 2. The lowest BCUT2D eigenvalue weighted by Crippen LogP contribution is -2.30. The first-order valence-electron chi connectivity index (χ1n) is 39.1. The minimum atomic E-state index is -5.00. The van der Waals surface area contributed by atoms with Gasteiger partial charge in [0.1, 0.15) is 19.3 Å². The Morgan fingerprint density at radius 3 is 0.824 bits per heavy atom. The van der Waals surface area contributed by atoms with Crippen molar-refractivity contribution >= 4 is 39.5 Å². The summed E-state index contributed by atoms with van der Waals surface area (Å²) in [4.78, 5) is 72.9. The summed E-state index contributed by atoms with van der Waals surface area (Å²) in [6, 6.07) is 0. The Hall–Kier alpha value is -5.06. The summed E-state index contributed by atoms with van der Waals surface area (Å²) in [6.07, 6.45) is 84.1. The maximum absolute atomic E-state index is 13.1. The summed E-state index contributed by atoms with van der Waals surface area (Å²) < 4.78 is 68.5. The van der Waals surface area contributed by atoms with Crippen LogP contribution in [-0.2, 0) is 65.4 Å². The van der Waals surface area contributed by atoms with E-state index in [-0.39, 0.29) is 25.7 Å². The Balaban J connectivity index is 5.44. The van der Waals surface area contributed by atoms with Gasteiger partial charge in [-0.1, -0.05) is 283 Å². The molecule has 0 aromatic heterocycles. The number of carbonyl (C=O) groups excluding carboxylic acids is 4. The van der Waals surface area contributed by atoms with Crippen molar-refractivity contribution in [1.29, 1.82) is 0 Å². The van der Waals surface area contributed by atoms with Gasteiger partial charge in [-0.15, -0.1) is 0 Å². The zero-order valence-corrected chi connectivity index (χ0v) is 65.3. The van der Waals surface area contributed by atoms with Crippen LogP contribution in [0.4, 0.5) is 0 Å². The Kier molecular flexibility index (Phi) is 70.5. The topological polar surface area (TPSA) is 237 Å². The lowest BCUT2D eigenvalue weighted by molar-refractivity contribution is -0.161. The zero-order valence-electron chi connectivity index (χ0n) is 63.5. The summed E-state index contributed by atoms with van der Waals surface area (Å²) >= 11 is 0. The maximum atomic E-state index is 13.1. The van der Waals surface area contributed by atoms with E-state index in [0.29, 0.717) is 32.1 Å². The van der Waals surface area contributed by atoms with E-state index in [1.165, 1.54) is 51.4 Å². The minimum Gasteiger partial charge on any atom is -0.462 e. The molecule has 17 nitrogen and oxygen atoms in total. The van der Waals surface area contributed by atoms with Crippen LogP contribution >= 0.6 is 15.6 Å². The first-order valence-corrected chi connectivity index (χ1v) is 42.1. The number of aliphatic hydroxyl groups is 1. The molecule has 0 fully saturated rings. The van der Waals surface area contributed by atoms with Gasteiger partial charge < -0.3 is 33.8 Å². The van der Waals surface area contributed by atoms with E-state index < -0.39 is 97.5 Å². The van der Waals surface area contributed by atoms with E-state index in [9.17, 15) is 43.2 Å². The molecule has 0 bridgehead atoms. The molecule has 0 aromatic carbocycles. The third-order valence-corrected chi connectivity index (χ3v) is 17.7. The number of esters is 4. The van der Waals surface area contributed by atoms with Crippen molar-refractivity contribution in [3.05, 3.63) is 146 Å². The van der Waals surface area contributed by atoms with Crippen LogP contribution in [-0.4, -0.2) is 96.7 Å². The number of hydrogen-bond acceptors (Lipinski definition) is 15. The number of ether oxygens (including phenoxy) is 4. The molecule has 0 radical (unpaired) electrons. The standard InChI is InChI=1S/C83H138O17P2/c1-5-9-13-17-21-25-29-33-36-38-41-44-47-51-55-59-63-67-80(85)93-73-78(99-82(87)69-65-61-57-53-49-43-32-28-24-20-16-12-8-4)75-97-101(89,90)95-71-77(84)72-96-102(91,92)98-76-79(100-83(88)70-66-62-58-54-50-46-40-35-31-27-23-19-15-11-7-3)74-94-81(86)68-64-60-56-52-48-45-42-39-37-34-30-26-22-18-14-10-6-2/h9-11,13-15,21-23,25-27,33-37,40-42,44-45,52,56,77-79,84H,5-8,12,16-20,24,28-32,38-39,43,46-51,53-55,57-76H2,1-4H3,(H,89,90)(H,91,92)/b13-9-,14-10-,15-11-,25-21-,26-22-,27-23-,36-33-,37-34-,40-35-,44-41-,45-42-,56-52-. The highest BCUT2D eigenvalue weighted by Gasteiger charge is 2.30. The molecule has 0 aliphatic rings. The Labute approximate surface area is 617 Å². The quantitative estimate of drug-likeness (QED) is 0.0169. The van der Waals surface area contributed by atoms with E-state index in [0.717, 1.165) is 161 Å². The smallest absolute Gasteiger partial charge is 0.462 e. The van der Waals surface area contributed by atoms with Crippen LogP contribution < -0.4 is 0 Å². The van der Waals surface area contributed by atoms with E-state index in [1.807, 2.05) is 12.2 Å². The molecule has 0 saturated carbocycles. The van der Waals surface area contributed by atoms with Crippen LogP contribution in [0.3, 0.4) is 0 Å². The van der Waals surface area contributed by atoms with Crippen molar-refractivity contribution in [3.63, 3.8) is 0 Å². The molecular formula is C83H138O17P2. The minimum absolute atomic E-state index is 0.0589.